The highest BCUT2D eigenvalue weighted by Gasteiger charge is 2.30. The molecule has 0 fully saturated rings. The molecule has 0 unspecified atom stereocenters. The SMILES string of the molecule is CC(C)(CC(F)F)c1cc(F)c2cnc(N)nn12. The molecule has 7 heteroatoms. The summed E-state index contributed by atoms with van der Waals surface area (Å²) in [4.78, 5) is 3.68. The van der Waals surface area contributed by atoms with Crippen LogP contribution in [0.3, 0.4) is 0 Å². The maximum Gasteiger partial charge on any atom is 0.239 e. The maximum atomic E-state index is 13.7. The Hall–Kier alpha value is -1.79. The number of halogens is 3. The van der Waals surface area contributed by atoms with Crippen LogP contribution in [-0.4, -0.2) is 21.0 Å². The van der Waals surface area contributed by atoms with Crippen molar-refractivity contribution in [3.05, 3.63) is 23.8 Å². The van der Waals surface area contributed by atoms with Crippen molar-refractivity contribution >= 4 is 11.5 Å². The van der Waals surface area contributed by atoms with Crippen molar-refractivity contribution in [2.75, 3.05) is 5.73 Å². The van der Waals surface area contributed by atoms with E-state index in [1.54, 1.807) is 13.8 Å². The summed E-state index contributed by atoms with van der Waals surface area (Å²) in [5.74, 6) is -0.584. The van der Waals surface area contributed by atoms with E-state index in [4.69, 9.17) is 5.73 Å². The monoisotopic (exact) mass is 258 g/mol. The summed E-state index contributed by atoms with van der Waals surface area (Å²) in [6.07, 6.45) is -1.63. The van der Waals surface area contributed by atoms with E-state index in [2.05, 4.69) is 10.1 Å². The van der Waals surface area contributed by atoms with Gasteiger partial charge in [-0.25, -0.2) is 22.7 Å². The topological polar surface area (TPSA) is 56.2 Å². The molecule has 0 aliphatic rings. The van der Waals surface area contributed by atoms with E-state index in [9.17, 15) is 13.2 Å². The van der Waals surface area contributed by atoms with Crippen molar-refractivity contribution in [1.29, 1.82) is 0 Å². The Labute approximate surface area is 102 Å². The summed E-state index contributed by atoms with van der Waals surface area (Å²) in [6, 6.07) is 1.20. The summed E-state index contributed by atoms with van der Waals surface area (Å²) >= 11 is 0. The van der Waals surface area contributed by atoms with Crippen molar-refractivity contribution in [2.45, 2.75) is 32.1 Å². The second-order valence-electron chi connectivity index (χ2n) is 4.77. The Kier molecular flexibility index (Phi) is 2.92. The molecule has 2 aromatic heterocycles. The molecule has 0 spiro atoms. The van der Waals surface area contributed by atoms with Crippen LogP contribution in [0.4, 0.5) is 19.1 Å². The lowest BCUT2D eigenvalue weighted by Gasteiger charge is -2.23. The molecule has 2 N–H and O–H groups in total. The minimum absolute atomic E-state index is 0.0350. The predicted octanol–water partition coefficient (Wildman–Crippen LogP) is 2.38. The predicted molar refractivity (Wildman–Crippen MR) is 61.0 cm³/mol. The number of aromatic nitrogens is 3. The van der Waals surface area contributed by atoms with E-state index in [-0.39, 0.29) is 17.9 Å². The molecule has 0 saturated heterocycles. The fraction of sp³-hybridized carbons (Fsp3) is 0.455. The molecule has 2 heterocycles. The molecular formula is C11H13F3N4. The van der Waals surface area contributed by atoms with Gasteiger partial charge in [0.1, 0.15) is 5.52 Å². The first-order valence-electron chi connectivity index (χ1n) is 5.39. The standard InChI is InChI=1S/C11H13F3N4/c1-11(2,4-9(13)14)8-3-6(12)7-5-16-10(15)17-18(7)8/h3,5,9H,4H2,1-2H3,(H2,15,17). The van der Waals surface area contributed by atoms with Gasteiger partial charge in [0.15, 0.2) is 5.82 Å². The Balaban J connectivity index is 2.60. The van der Waals surface area contributed by atoms with Crippen LogP contribution < -0.4 is 5.73 Å². The minimum Gasteiger partial charge on any atom is -0.367 e. The van der Waals surface area contributed by atoms with Crippen LogP contribution in [0, 0.1) is 5.82 Å². The third kappa shape index (κ3) is 2.12. The molecule has 2 aromatic rings. The number of rotatable bonds is 3. The van der Waals surface area contributed by atoms with Gasteiger partial charge < -0.3 is 5.73 Å². The van der Waals surface area contributed by atoms with Gasteiger partial charge in [-0.3, -0.25) is 0 Å². The van der Waals surface area contributed by atoms with Crippen molar-refractivity contribution in [2.24, 2.45) is 0 Å². The molecule has 2 rings (SSSR count). The van der Waals surface area contributed by atoms with E-state index < -0.39 is 17.7 Å². The molecule has 18 heavy (non-hydrogen) atoms. The molecule has 0 amide bonds. The number of nitrogens with two attached hydrogens (primary N) is 1. The first kappa shape index (κ1) is 12.7. The van der Waals surface area contributed by atoms with E-state index in [1.807, 2.05) is 0 Å². The Morgan fingerprint density at radius 1 is 1.44 bits per heavy atom. The van der Waals surface area contributed by atoms with Crippen molar-refractivity contribution in [1.82, 2.24) is 14.6 Å². The quantitative estimate of drug-likeness (QED) is 0.919. The second-order valence-corrected chi connectivity index (χ2v) is 4.77. The van der Waals surface area contributed by atoms with E-state index >= 15 is 0 Å². The highest BCUT2D eigenvalue weighted by Crippen LogP contribution is 2.32. The third-order valence-electron chi connectivity index (χ3n) is 2.84. The lowest BCUT2D eigenvalue weighted by molar-refractivity contribution is 0.110. The van der Waals surface area contributed by atoms with Crippen LogP contribution in [0.25, 0.3) is 5.52 Å². The lowest BCUT2D eigenvalue weighted by atomic mass is 9.86. The van der Waals surface area contributed by atoms with Gasteiger partial charge in [0.2, 0.25) is 12.4 Å². The van der Waals surface area contributed by atoms with Gasteiger partial charge >= 0.3 is 0 Å². The average Bonchev–Trinajstić information content (AvgIpc) is 2.54. The smallest absolute Gasteiger partial charge is 0.239 e. The fourth-order valence-corrected chi connectivity index (χ4v) is 1.94. The molecule has 0 bridgehead atoms. The lowest BCUT2D eigenvalue weighted by Crippen LogP contribution is -2.23. The first-order valence-corrected chi connectivity index (χ1v) is 5.39. The van der Waals surface area contributed by atoms with Gasteiger partial charge in [0, 0.05) is 11.8 Å². The van der Waals surface area contributed by atoms with Crippen LogP contribution in [0.2, 0.25) is 0 Å². The highest BCUT2D eigenvalue weighted by atomic mass is 19.3. The molecule has 0 aliphatic heterocycles. The number of hydrogen-bond acceptors (Lipinski definition) is 3. The van der Waals surface area contributed by atoms with Crippen LogP contribution in [0.15, 0.2) is 12.3 Å². The van der Waals surface area contributed by atoms with Crippen molar-refractivity contribution in [3.8, 4) is 0 Å². The molecular weight excluding hydrogens is 245 g/mol. The Morgan fingerprint density at radius 3 is 2.72 bits per heavy atom. The summed E-state index contributed by atoms with van der Waals surface area (Å²) in [7, 11) is 0. The first-order chi connectivity index (χ1) is 8.31. The van der Waals surface area contributed by atoms with Crippen molar-refractivity contribution in [3.63, 3.8) is 0 Å². The number of hydrogen-bond donors (Lipinski definition) is 1. The molecule has 0 saturated carbocycles. The van der Waals surface area contributed by atoms with Crippen LogP contribution in [-0.2, 0) is 5.41 Å². The van der Waals surface area contributed by atoms with Gasteiger partial charge in [0.25, 0.3) is 0 Å². The van der Waals surface area contributed by atoms with Gasteiger partial charge in [-0.15, -0.1) is 5.10 Å². The van der Waals surface area contributed by atoms with Gasteiger partial charge in [-0.1, -0.05) is 13.8 Å². The molecule has 98 valence electrons. The zero-order chi connectivity index (χ0) is 13.5. The van der Waals surface area contributed by atoms with Crippen LogP contribution >= 0.6 is 0 Å². The third-order valence-corrected chi connectivity index (χ3v) is 2.84. The van der Waals surface area contributed by atoms with Crippen LogP contribution in [0.5, 0.6) is 0 Å². The van der Waals surface area contributed by atoms with Crippen molar-refractivity contribution < 1.29 is 13.2 Å². The Morgan fingerprint density at radius 2 is 2.11 bits per heavy atom. The second kappa shape index (κ2) is 4.15. The van der Waals surface area contributed by atoms with Gasteiger partial charge in [0.05, 0.1) is 11.9 Å². The highest BCUT2D eigenvalue weighted by molar-refractivity contribution is 5.50. The van der Waals surface area contributed by atoms with Crippen LogP contribution in [0.1, 0.15) is 26.0 Å². The van der Waals surface area contributed by atoms with Gasteiger partial charge in [-0.2, -0.15) is 0 Å². The zero-order valence-electron chi connectivity index (χ0n) is 9.99. The van der Waals surface area contributed by atoms with E-state index in [0.29, 0.717) is 5.69 Å². The van der Waals surface area contributed by atoms with E-state index in [1.165, 1.54) is 16.8 Å². The maximum absolute atomic E-state index is 13.7. The summed E-state index contributed by atoms with van der Waals surface area (Å²) in [6.45, 7) is 3.22. The van der Waals surface area contributed by atoms with E-state index in [0.717, 1.165) is 0 Å². The molecule has 0 aromatic carbocycles. The summed E-state index contributed by atoms with van der Waals surface area (Å²) in [5.41, 5.74) is 5.00. The average molecular weight is 258 g/mol. The summed E-state index contributed by atoms with van der Waals surface area (Å²) < 4.78 is 40.0. The molecule has 0 atom stereocenters. The number of alkyl halides is 2. The molecule has 4 nitrogen and oxygen atoms in total. The Bertz CT molecular complexity index is 577. The summed E-state index contributed by atoms with van der Waals surface area (Å²) in [5, 5.41) is 3.87. The fourth-order valence-electron chi connectivity index (χ4n) is 1.94. The number of nitrogen functional groups attached to an aromatic ring is 1. The minimum atomic E-state index is -2.48. The largest absolute Gasteiger partial charge is 0.367 e. The number of anilines is 1. The molecule has 0 aliphatic carbocycles. The normalized spacial score (nSPS) is 12.6. The number of fused-ring (bicyclic) bond motifs is 1. The van der Waals surface area contributed by atoms with Gasteiger partial charge in [-0.05, 0) is 6.07 Å². The number of nitrogens with zero attached hydrogens (tertiary/aromatic N) is 3. The molecule has 0 radical (unpaired) electrons. The zero-order valence-corrected chi connectivity index (χ0v) is 9.99.